The smallest absolute Gasteiger partial charge is 0.469 e. The summed E-state index contributed by atoms with van der Waals surface area (Å²) in [6, 6.07) is 0. The molecule has 2 atom stereocenters. The van der Waals surface area contributed by atoms with Crippen LogP contribution >= 0.6 is 8.03 Å². The van der Waals surface area contributed by atoms with Gasteiger partial charge in [0.15, 0.2) is 0 Å². The van der Waals surface area contributed by atoms with E-state index in [-0.39, 0.29) is 18.8 Å². The lowest BCUT2D eigenvalue weighted by Crippen LogP contribution is -2.36. The minimum Gasteiger partial charge on any atom is -0.469 e. The molecule has 92 valence electrons. The van der Waals surface area contributed by atoms with Gasteiger partial charge in [0.25, 0.3) is 5.78 Å². The van der Waals surface area contributed by atoms with Crippen LogP contribution in [0, 0.1) is 5.92 Å². The van der Waals surface area contributed by atoms with E-state index in [0.717, 1.165) is 0 Å². The van der Waals surface area contributed by atoms with Gasteiger partial charge in [0.1, 0.15) is 0 Å². The van der Waals surface area contributed by atoms with Crippen LogP contribution < -0.4 is 5.32 Å². The molecule has 0 fully saturated rings. The van der Waals surface area contributed by atoms with Gasteiger partial charge in [0, 0.05) is 12.3 Å². The molecule has 16 heavy (non-hydrogen) atoms. The predicted octanol–water partition coefficient (Wildman–Crippen LogP) is 0.773. The Morgan fingerprint density at radius 2 is 1.94 bits per heavy atom. The first-order valence-electron chi connectivity index (χ1n) is 4.90. The fourth-order valence-electron chi connectivity index (χ4n) is 1.03. The second kappa shape index (κ2) is 7.30. The summed E-state index contributed by atoms with van der Waals surface area (Å²) in [5, 5.41) is 2.41. The summed E-state index contributed by atoms with van der Waals surface area (Å²) in [6.45, 7) is 3.46. The summed E-state index contributed by atoms with van der Waals surface area (Å²) in [4.78, 5) is 31.0. The summed E-state index contributed by atoms with van der Waals surface area (Å²) in [7, 11) is -1.23. The van der Waals surface area contributed by atoms with E-state index in [9.17, 15) is 14.2 Å². The number of esters is 1. The molecular formula is C9H17NO5P+. The lowest BCUT2D eigenvalue weighted by Gasteiger charge is -2.10. The molecule has 0 bridgehead atoms. The summed E-state index contributed by atoms with van der Waals surface area (Å²) in [5.74, 6) is -1.83. The van der Waals surface area contributed by atoms with E-state index in [0.29, 0.717) is 0 Å². The third-order valence-electron chi connectivity index (χ3n) is 1.96. The number of rotatable bonds is 6. The van der Waals surface area contributed by atoms with E-state index in [2.05, 4.69) is 10.1 Å². The van der Waals surface area contributed by atoms with Gasteiger partial charge in [-0.15, -0.1) is 0 Å². The molecule has 0 aromatic heterocycles. The number of nitrogens with one attached hydrogen (secondary N) is 1. The Balaban J connectivity index is 4.11. The fraction of sp³-hybridized carbons (Fsp3) is 0.778. The highest BCUT2D eigenvalue weighted by Crippen LogP contribution is 2.26. The molecule has 2 N–H and O–H groups in total. The highest BCUT2D eigenvalue weighted by molar-refractivity contribution is 7.38. The van der Waals surface area contributed by atoms with Crippen molar-refractivity contribution >= 4 is 19.9 Å². The predicted molar refractivity (Wildman–Crippen MR) is 57.8 cm³/mol. The standard InChI is InChI=1S/C9H16NO5P/c1-6(2)9(16(13)14)10-7(11)4-5-8(12)15-3/h6,9H,4-5H2,1-3H3,(H-,10,11,13,14)/p+1. The average Bonchev–Trinajstić information content (AvgIpc) is 2.21. The fourth-order valence-corrected chi connectivity index (χ4v) is 1.80. The van der Waals surface area contributed by atoms with E-state index in [1.54, 1.807) is 13.8 Å². The molecule has 0 aliphatic heterocycles. The zero-order chi connectivity index (χ0) is 12.7. The second-order valence-electron chi connectivity index (χ2n) is 3.64. The van der Waals surface area contributed by atoms with Gasteiger partial charge in [-0.1, -0.05) is 13.8 Å². The monoisotopic (exact) mass is 250 g/mol. The van der Waals surface area contributed by atoms with Crippen LogP contribution in [0.3, 0.4) is 0 Å². The Labute approximate surface area is 95.2 Å². The number of carbonyl (C=O) groups is 2. The second-order valence-corrected chi connectivity index (χ2v) is 4.80. The van der Waals surface area contributed by atoms with Crippen molar-refractivity contribution in [1.29, 1.82) is 0 Å². The van der Waals surface area contributed by atoms with Crippen molar-refractivity contribution in [2.45, 2.75) is 32.5 Å². The molecule has 0 saturated carbocycles. The molecular weight excluding hydrogens is 233 g/mol. The number of amides is 1. The summed E-state index contributed by atoms with van der Waals surface area (Å²) >= 11 is 0. The van der Waals surface area contributed by atoms with Crippen molar-refractivity contribution in [3.63, 3.8) is 0 Å². The number of methoxy groups -OCH3 is 1. The molecule has 0 saturated heterocycles. The number of hydrogen-bond acceptors (Lipinski definition) is 4. The van der Waals surface area contributed by atoms with Crippen LogP contribution in [-0.4, -0.2) is 29.7 Å². The molecule has 0 aliphatic rings. The molecule has 0 heterocycles. The minimum absolute atomic E-state index is 0.0324. The van der Waals surface area contributed by atoms with Crippen LogP contribution in [0.2, 0.25) is 0 Å². The van der Waals surface area contributed by atoms with Gasteiger partial charge in [-0.25, -0.2) is 0 Å². The Hall–Kier alpha value is -1.00. The molecule has 0 spiro atoms. The number of ether oxygens (including phenoxy) is 1. The van der Waals surface area contributed by atoms with Gasteiger partial charge in [0.05, 0.1) is 13.5 Å². The van der Waals surface area contributed by atoms with Crippen LogP contribution in [0.1, 0.15) is 26.7 Å². The highest BCUT2D eigenvalue weighted by Gasteiger charge is 2.33. The first kappa shape index (κ1) is 15.0. The normalized spacial score (nSPS) is 13.2. The van der Waals surface area contributed by atoms with Crippen LogP contribution in [0.5, 0.6) is 0 Å². The molecule has 7 heteroatoms. The third kappa shape index (κ3) is 5.78. The lowest BCUT2D eigenvalue weighted by molar-refractivity contribution is -0.142. The zero-order valence-electron chi connectivity index (χ0n) is 9.60. The van der Waals surface area contributed by atoms with Gasteiger partial charge < -0.3 is 10.1 Å². The van der Waals surface area contributed by atoms with E-state index >= 15 is 0 Å². The molecule has 0 radical (unpaired) electrons. The zero-order valence-corrected chi connectivity index (χ0v) is 10.5. The Morgan fingerprint density at radius 1 is 1.38 bits per heavy atom. The van der Waals surface area contributed by atoms with Gasteiger partial charge >= 0.3 is 14.0 Å². The molecule has 1 amide bonds. The SMILES string of the molecule is COC(=O)CCC(=O)NC(C(C)C)[P+](=O)O. The summed E-state index contributed by atoms with van der Waals surface area (Å²) in [5.41, 5.74) is 0. The van der Waals surface area contributed by atoms with Gasteiger partial charge in [-0.3, -0.25) is 9.59 Å². The molecule has 0 rings (SSSR count). The van der Waals surface area contributed by atoms with Gasteiger partial charge in [-0.05, 0) is 4.57 Å². The Bertz CT molecular complexity index is 279. The van der Waals surface area contributed by atoms with Gasteiger partial charge in [-0.2, -0.15) is 4.89 Å². The van der Waals surface area contributed by atoms with Crippen molar-refractivity contribution in [2.75, 3.05) is 7.11 Å². The van der Waals surface area contributed by atoms with E-state index in [4.69, 9.17) is 4.89 Å². The maximum absolute atomic E-state index is 11.3. The van der Waals surface area contributed by atoms with E-state index in [1.807, 2.05) is 0 Å². The highest BCUT2D eigenvalue weighted by atomic mass is 31.1. The Kier molecular flexibility index (Phi) is 6.85. The van der Waals surface area contributed by atoms with Crippen molar-refractivity contribution in [3.05, 3.63) is 0 Å². The summed E-state index contributed by atoms with van der Waals surface area (Å²) < 4.78 is 15.3. The minimum atomic E-state index is -2.46. The average molecular weight is 250 g/mol. The van der Waals surface area contributed by atoms with Gasteiger partial charge in [0.2, 0.25) is 5.91 Å². The molecule has 0 aliphatic carbocycles. The largest absolute Gasteiger partial charge is 0.530 e. The molecule has 0 aromatic rings. The van der Waals surface area contributed by atoms with E-state index < -0.39 is 25.7 Å². The lowest BCUT2D eigenvalue weighted by atomic mass is 10.2. The topological polar surface area (TPSA) is 92.7 Å². The maximum Gasteiger partial charge on any atom is 0.530 e. The van der Waals surface area contributed by atoms with Crippen molar-refractivity contribution in [1.82, 2.24) is 5.32 Å². The van der Waals surface area contributed by atoms with Crippen LogP contribution in [0.4, 0.5) is 0 Å². The number of hydrogen-bond donors (Lipinski definition) is 2. The van der Waals surface area contributed by atoms with Crippen molar-refractivity contribution in [2.24, 2.45) is 5.92 Å². The first-order chi connectivity index (χ1) is 7.38. The number of carbonyl (C=O) groups excluding carboxylic acids is 2. The first-order valence-corrected chi connectivity index (χ1v) is 6.18. The Morgan fingerprint density at radius 3 is 2.31 bits per heavy atom. The van der Waals surface area contributed by atoms with E-state index in [1.165, 1.54) is 7.11 Å². The maximum atomic E-state index is 11.3. The molecule has 6 nitrogen and oxygen atoms in total. The van der Waals surface area contributed by atoms with Crippen molar-refractivity contribution in [3.8, 4) is 0 Å². The molecule has 2 unspecified atom stereocenters. The third-order valence-corrected chi connectivity index (χ3v) is 3.16. The summed E-state index contributed by atoms with van der Waals surface area (Å²) in [6.07, 6.45) is -0.0750. The van der Waals surface area contributed by atoms with Crippen molar-refractivity contribution < 1.29 is 23.8 Å². The molecule has 0 aromatic carbocycles. The van der Waals surface area contributed by atoms with Crippen LogP contribution in [0.15, 0.2) is 0 Å². The van der Waals surface area contributed by atoms with Crippen LogP contribution in [-0.2, 0) is 18.9 Å². The quantitative estimate of drug-likeness (QED) is 0.536. The van der Waals surface area contributed by atoms with Crippen LogP contribution in [0.25, 0.3) is 0 Å².